The molecule has 0 saturated heterocycles. The first-order valence-corrected chi connectivity index (χ1v) is 30.0. The summed E-state index contributed by atoms with van der Waals surface area (Å²) in [5.74, 6) is 1.09. The number of halogens is 2. The van der Waals surface area contributed by atoms with Crippen LogP contribution in [0, 0.1) is 19.9 Å². The van der Waals surface area contributed by atoms with E-state index in [1.807, 2.05) is 6.07 Å². The summed E-state index contributed by atoms with van der Waals surface area (Å²) in [7, 11) is 10.7. The van der Waals surface area contributed by atoms with Crippen molar-refractivity contribution in [1.29, 1.82) is 0 Å². The van der Waals surface area contributed by atoms with Crippen LogP contribution in [0.25, 0.3) is 77.2 Å². The zero-order valence-corrected chi connectivity index (χ0v) is 43.4. The van der Waals surface area contributed by atoms with E-state index in [-0.39, 0.29) is 0 Å². The zero-order valence-electron chi connectivity index (χ0n) is 38.5. The molecule has 10 aromatic carbocycles. The summed E-state index contributed by atoms with van der Waals surface area (Å²) in [6.45, 7) is 13.5. The molecule has 0 N–H and O–H groups in total. The van der Waals surface area contributed by atoms with E-state index in [1.54, 1.807) is 0 Å². The molecular weight excluding hydrogens is 935 g/mol. The third-order valence-electron chi connectivity index (χ3n) is 12.5. The average molecular weight is 988 g/mol. The van der Waals surface area contributed by atoms with E-state index in [9.17, 15) is 0 Å². The standard InChI is InChI=1S/2C25H23.C12H7Si.2ClH.Zr/c2*1-17(2)21-15-20-14-13-18(3)25(24(20)16-21)23-12-8-7-11-22(23)19-9-5-4-6-10-19;1-3-7-11-9(5-1)10-6-2-4-8-12(10)13-11;;;/h2*4-17H,1-3H3;1-7H;2*1H;/q3*-1;;;+2/p-2. The molecule has 0 aromatic heterocycles. The fourth-order valence-corrected chi connectivity index (χ4v) is 10.4. The Hall–Kier alpha value is -5.34. The molecule has 0 fully saturated rings. The maximum absolute atomic E-state index is 4.93. The van der Waals surface area contributed by atoms with Gasteiger partial charge in [-0.3, -0.25) is 0 Å². The van der Waals surface area contributed by atoms with Gasteiger partial charge >= 0.3 is 37.9 Å². The average Bonchev–Trinajstić information content (AvgIpc) is 4.09. The first kappa shape index (κ1) is 47.2. The second-order valence-corrected chi connectivity index (χ2v) is 22.5. The quantitative estimate of drug-likeness (QED) is 0.115. The third-order valence-corrected chi connectivity index (χ3v) is 13.8. The molecule has 1 aliphatic rings. The van der Waals surface area contributed by atoms with Crippen molar-refractivity contribution in [3.05, 3.63) is 229 Å². The largest absolute Gasteiger partial charge is 0.184 e. The first-order chi connectivity index (χ1) is 32.2. The van der Waals surface area contributed by atoms with Crippen LogP contribution in [0.1, 0.15) is 61.8 Å². The molecule has 4 heteroatoms. The molecule has 326 valence electrons. The van der Waals surface area contributed by atoms with Gasteiger partial charge in [0.2, 0.25) is 0 Å². The molecule has 1 heterocycles. The summed E-state index contributed by atoms with van der Waals surface area (Å²) in [6.07, 6.45) is 0. The van der Waals surface area contributed by atoms with E-state index >= 15 is 0 Å². The van der Waals surface area contributed by atoms with Crippen molar-refractivity contribution in [3.63, 3.8) is 0 Å². The smallest absolute Gasteiger partial charge is 0.0920 e. The molecule has 0 nitrogen and oxygen atoms in total. The molecule has 0 unspecified atom stereocenters. The molecule has 66 heavy (non-hydrogen) atoms. The second kappa shape index (κ2) is 22.0. The number of aryl methyl sites for hydroxylation is 2. The van der Waals surface area contributed by atoms with Crippen LogP contribution in [-0.4, -0.2) is 9.52 Å². The monoisotopic (exact) mass is 985 g/mol. The Kier molecular flexibility index (Phi) is 15.7. The van der Waals surface area contributed by atoms with Gasteiger partial charge in [-0.2, -0.15) is 41.6 Å². The molecule has 0 bridgehead atoms. The predicted molar refractivity (Wildman–Crippen MR) is 286 cm³/mol. The predicted octanol–water partition coefficient (Wildman–Crippen LogP) is 17.1. The van der Waals surface area contributed by atoms with Crippen LogP contribution in [0.15, 0.2) is 200 Å². The molecule has 10 aromatic rings. The second-order valence-electron chi connectivity index (χ2n) is 17.4. The third kappa shape index (κ3) is 10.4. The SMILES string of the molecule is Cc1ccc2[cH-]c(C(C)C)cc2c1-c1ccccc1-c1ccccc1.Cc1ccc2[cH-]c(C(C)C)cc2c1-c1ccccc1-c1ccccc1.[Cl][Zr][Cl].[c-]1cccc2c1[Si]c1ccccc1-2. The Morgan fingerprint density at radius 1 is 0.455 bits per heavy atom. The number of fused-ring (bicyclic) bond motifs is 5. The van der Waals surface area contributed by atoms with Crippen molar-refractivity contribution in [1.82, 2.24) is 0 Å². The van der Waals surface area contributed by atoms with Gasteiger partial charge in [-0.15, -0.1) is 74.6 Å². The van der Waals surface area contributed by atoms with Crippen LogP contribution in [0.5, 0.6) is 0 Å². The summed E-state index contributed by atoms with van der Waals surface area (Å²) in [5, 5.41) is 8.24. The van der Waals surface area contributed by atoms with Crippen LogP contribution < -0.4 is 10.4 Å². The Labute approximate surface area is 413 Å². The van der Waals surface area contributed by atoms with E-state index < -0.39 is 20.8 Å². The molecule has 0 atom stereocenters. The normalized spacial score (nSPS) is 11.2. The van der Waals surface area contributed by atoms with Gasteiger partial charge < -0.3 is 0 Å². The summed E-state index contributed by atoms with van der Waals surface area (Å²) in [6, 6.07) is 75.5. The van der Waals surface area contributed by atoms with Gasteiger partial charge in [0.1, 0.15) is 0 Å². The maximum Gasteiger partial charge on any atom is 0.0920 e. The first-order valence-electron chi connectivity index (χ1n) is 22.7. The maximum atomic E-state index is 4.93. The minimum Gasteiger partial charge on any atom is -0.184 e. The minimum atomic E-state index is -0.826. The summed E-state index contributed by atoms with van der Waals surface area (Å²) >= 11 is -0.826. The Balaban J connectivity index is 0.000000136. The van der Waals surface area contributed by atoms with Gasteiger partial charge in [0.15, 0.2) is 0 Å². The van der Waals surface area contributed by atoms with Crippen molar-refractivity contribution < 1.29 is 20.8 Å². The Morgan fingerprint density at radius 3 is 1.30 bits per heavy atom. The molecular formula is C62H53Cl2SiZr-3. The molecule has 1 aliphatic heterocycles. The Bertz CT molecular complexity index is 2980. The summed E-state index contributed by atoms with van der Waals surface area (Å²) < 4.78 is 0. The summed E-state index contributed by atoms with van der Waals surface area (Å²) in [5.41, 5.74) is 18.8. The molecule has 11 rings (SSSR count). The van der Waals surface area contributed by atoms with E-state index in [2.05, 4.69) is 242 Å². The number of hydrogen-bond acceptors (Lipinski definition) is 0. The van der Waals surface area contributed by atoms with Crippen molar-refractivity contribution in [2.24, 2.45) is 0 Å². The van der Waals surface area contributed by atoms with Crippen molar-refractivity contribution in [3.8, 4) is 55.6 Å². The van der Waals surface area contributed by atoms with E-state index in [1.165, 1.54) is 110 Å². The zero-order chi connectivity index (χ0) is 46.2. The van der Waals surface area contributed by atoms with Crippen LogP contribution in [0.3, 0.4) is 0 Å². The number of benzene rings is 8. The van der Waals surface area contributed by atoms with Gasteiger partial charge in [0, 0.05) is 0 Å². The van der Waals surface area contributed by atoms with E-state index in [4.69, 9.17) is 17.0 Å². The molecule has 0 saturated carbocycles. The Morgan fingerprint density at radius 2 is 0.848 bits per heavy atom. The van der Waals surface area contributed by atoms with E-state index in [0.29, 0.717) is 11.8 Å². The molecule has 0 amide bonds. The fourth-order valence-electron chi connectivity index (χ4n) is 9.08. The van der Waals surface area contributed by atoms with Gasteiger partial charge in [-0.1, -0.05) is 194 Å². The summed E-state index contributed by atoms with van der Waals surface area (Å²) in [4.78, 5) is 0. The molecule has 0 aliphatic carbocycles. The van der Waals surface area contributed by atoms with Gasteiger partial charge in [-0.05, 0) is 59.1 Å². The van der Waals surface area contributed by atoms with Gasteiger partial charge in [0.05, 0.1) is 9.52 Å². The van der Waals surface area contributed by atoms with Crippen molar-refractivity contribution in [2.45, 2.75) is 53.4 Å². The van der Waals surface area contributed by atoms with Crippen molar-refractivity contribution in [2.75, 3.05) is 0 Å². The van der Waals surface area contributed by atoms with Crippen LogP contribution in [0.4, 0.5) is 0 Å². The fraction of sp³-hybridized carbons (Fsp3) is 0.129. The van der Waals surface area contributed by atoms with Gasteiger partial charge in [0.25, 0.3) is 0 Å². The molecule has 0 spiro atoms. The van der Waals surface area contributed by atoms with E-state index in [0.717, 1.165) is 9.52 Å². The number of hydrogen-bond donors (Lipinski definition) is 0. The minimum absolute atomic E-state index is 0.546. The van der Waals surface area contributed by atoms with Crippen LogP contribution in [0.2, 0.25) is 0 Å². The van der Waals surface area contributed by atoms with Crippen LogP contribution in [-0.2, 0) is 20.8 Å². The topological polar surface area (TPSA) is 0 Å². The molecule has 2 radical (unpaired) electrons. The van der Waals surface area contributed by atoms with Crippen LogP contribution >= 0.6 is 17.0 Å². The van der Waals surface area contributed by atoms with Crippen molar-refractivity contribution >= 4 is 58.5 Å². The van der Waals surface area contributed by atoms with Gasteiger partial charge in [-0.25, -0.2) is 0 Å². The number of rotatable bonds is 6.